The smallest absolute Gasteiger partial charge is 0.219 e. The Hall–Kier alpha value is -1.38. The van der Waals surface area contributed by atoms with Crippen molar-refractivity contribution >= 4 is 5.91 Å². The Morgan fingerprint density at radius 2 is 2.31 bits per heavy atom. The Balaban J connectivity index is 2.21. The lowest BCUT2D eigenvalue weighted by atomic mass is 10.0. The van der Waals surface area contributed by atoms with E-state index in [2.05, 4.69) is 24.0 Å². The van der Waals surface area contributed by atoms with Gasteiger partial charge in [-0.15, -0.1) is 0 Å². The molecule has 0 saturated carbocycles. The molecule has 0 fully saturated rings. The quantitative estimate of drug-likeness (QED) is 0.760. The lowest BCUT2D eigenvalue weighted by Gasteiger charge is -2.27. The largest absolute Gasteiger partial charge is 0.337 e. The van der Waals surface area contributed by atoms with Crippen LogP contribution in [0.3, 0.4) is 0 Å². The molecular formula is C13H18N2O. The fourth-order valence-electron chi connectivity index (χ4n) is 2.12. The Bertz CT molecular complexity index is 401. The molecule has 1 aliphatic heterocycles. The van der Waals surface area contributed by atoms with Crippen molar-refractivity contribution in [3.05, 3.63) is 29.1 Å². The highest BCUT2D eigenvalue weighted by Gasteiger charge is 2.19. The van der Waals surface area contributed by atoms with Crippen molar-refractivity contribution in [2.75, 3.05) is 6.54 Å². The van der Waals surface area contributed by atoms with Gasteiger partial charge in [-0.1, -0.05) is 19.4 Å². The van der Waals surface area contributed by atoms with Crippen LogP contribution in [0.15, 0.2) is 12.1 Å². The lowest BCUT2D eigenvalue weighted by Crippen LogP contribution is -2.34. The van der Waals surface area contributed by atoms with Crippen LogP contribution in [0.5, 0.6) is 0 Å². The van der Waals surface area contributed by atoms with Gasteiger partial charge in [0.2, 0.25) is 5.91 Å². The maximum atomic E-state index is 11.3. The molecule has 0 unspecified atom stereocenters. The van der Waals surface area contributed by atoms with Crippen molar-refractivity contribution in [1.82, 2.24) is 9.88 Å². The van der Waals surface area contributed by atoms with Gasteiger partial charge in [0.25, 0.3) is 0 Å². The number of hydrogen-bond donors (Lipinski definition) is 0. The molecular weight excluding hydrogens is 200 g/mol. The Morgan fingerprint density at radius 1 is 1.50 bits per heavy atom. The van der Waals surface area contributed by atoms with Crippen molar-refractivity contribution < 1.29 is 4.79 Å². The molecule has 2 rings (SSSR count). The van der Waals surface area contributed by atoms with E-state index in [0.717, 1.165) is 37.2 Å². The average molecular weight is 218 g/mol. The van der Waals surface area contributed by atoms with E-state index < -0.39 is 0 Å². The van der Waals surface area contributed by atoms with Gasteiger partial charge in [0.15, 0.2) is 0 Å². The first-order valence-corrected chi connectivity index (χ1v) is 5.94. The standard InChI is InChI=1S/C13H18N2O/c1-3-4-12-6-5-11-7-8-15(10(2)16)9-13(11)14-12/h5-6H,3-4,7-9H2,1-2H3. The predicted octanol–water partition coefficient (Wildman–Crippen LogP) is 1.94. The Kier molecular flexibility index (Phi) is 3.22. The number of rotatable bonds is 2. The maximum Gasteiger partial charge on any atom is 0.219 e. The highest BCUT2D eigenvalue weighted by atomic mass is 16.2. The van der Waals surface area contributed by atoms with Crippen LogP contribution >= 0.6 is 0 Å². The third-order valence-corrected chi connectivity index (χ3v) is 3.07. The van der Waals surface area contributed by atoms with Crippen molar-refractivity contribution in [3.63, 3.8) is 0 Å². The van der Waals surface area contributed by atoms with Gasteiger partial charge in [-0.2, -0.15) is 0 Å². The van der Waals surface area contributed by atoms with Crippen LogP contribution in [-0.2, 0) is 24.2 Å². The number of nitrogens with zero attached hydrogens (tertiary/aromatic N) is 2. The second-order valence-electron chi connectivity index (χ2n) is 4.35. The van der Waals surface area contributed by atoms with Crippen LogP contribution in [0.25, 0.3) is 0 Å². The van der Waals surface area contributed by atoms with Gasteiger partial charge < -0.3 is 4.90 Å². The summed E-state index contributed by atoms with van der Waals surface area (Å²) in [4.78, 5) is 17.8. The number of hydrogen-bond acceptors (Lipinski definition) is 2. The first-order valence-electron chi connectivity index (χ1n) is 5.94. The highest BCUT2D eigenvalue weighted by Crippen LogP contribution is 2.18. The number of amides is 1. The van der Waals surface area contributed by atoms with Crippen molar-refractivity contribution in [2.45, 2.75) is 39.7 Å². The van der Waals surface area contributed by atoms with Gasteiger partial charge in [-0.25, -0.2) is 0 Å². The fourth-order valence-corrected chi connectivity index (χ4v) is 2.12. The molecule has 0 atom stereocenters. The van der Waals surface area contributed by atoms with Gasteiger partial charge in [0.1, 0.15) is 0 Å². The van der Waals surface area contributed by atoms with Crippen molar-refractivity contribution in [3.8, 4) is 0 Å². The lowest BCUT2D eigenvalue weighted by molar-refractivity contribution is -0.129. The first-order chi connectivity index (χ1) is 7.70. The molecule has 1 aromatic rings. The second-order valence-corrected chi connectivity index (χ2v) is 4.35. The second kappa shape index (κ2) is 4.64. The molecule has 1 aliphatic rings. The summed E-state index contributed by atoms with van der Waals surface area (Å²) in [6.07, 6.45) is 3.07. The first kappa shape index (κ1) is 11.1. The van der Waals surface area contributed by atoms with Crippen LogP contribution in [0.2, 0.25) is 0 Å². The third kappa shape index (κ3) is 2.23. The zero-order valence-corrected chi connectivity index (χ0v) is 9.99. The van der Waals surface area contributed by atoms with Gasteiger partial charge >= 0.3 is 0 Å². The highest BCUT2D eigenvalue weighted by molar-refractivity contribution is 5.73. The fraction of sp³-hybridized carbons (Fsp3) is 0.538. The predicted molar refractivity (Wildman–Crippen MR) is 63.0 cm³/mol. The van der Waals surface area contributed by atoms with E-state index >= 15 is 0 Å². The van der Waals surface area contributed by atoms with E-state index in [1.54, 1.807) is 6.92 Å². The van der Waals surface area contributed by atoms with E-state index in [9.17, 15) is 4.79 Å². The molecule has 2 heterocycles. The third-order valence-electron chi connectivity index (χ3n) is 3.07. The monoisotopic (exact) mass is 218 g/mol. The van der Waals surface area contributed by atoms with E-state index in [0.29, 0.717) is 6.54 Å². The van der Waals surface area contributed by atoms with Crippen LogP contribution in [-0.4, -0.2) is 22.3 Å². The van der Waals surface area contributed by atoms with E-state index in [4.69, 9.17) is 0 Å². The number of fused-ring (bicyclic) bond motifs is 1. The molecule has 1 amide bonds. The zero-order chi connectivity index (χ0) is 11.5. The van der Waals surface area contributed by atoms with Crippen molar-refractivity contribution in [2.24, 2.45) is 0 Å². The molecule has 1 aromatic heterocycles. The molecule has 86 valence electrons. The Morgan fingerprint density at radius 3 is 3.00 bits per heavy atom. The van der Waals surface area contributed by atoms with E-state index in [-0.39, 0.29) is 5.91 Å². The molecule has 0 N–H and O–H groups in total. The molecule has 3 heteroatoms. The minimum absolute atomic E-state index is 0.147. The minimum Gasteiger partial charge on any atom is -0.337 e. The summed E-state index contributed by atoms with van der Waals surface area (Å²) >= 11 is 0. The average Bonchev–Trinajstić information content (AvgIpc) is 2.28. The van der Waals surface area contributed by atoms with Crippen LogP contribution in [0, 0.1) is 0 Å². The summed E-state index contributed by atoms with van der Waals surface area (Å²) in [5.74, 6) is 0.147. The topological polar surface area (TPSA) is 33.2 Å². The van der Waals surface area contributed by atoms with Gasteiger partial charge in [-0.05, 0) is 24.5 Å². The summed E-state index contributed by atoms with van der Waals surface area (Å²) in [6, 6.07) is 4.29. The van der Waals surface area contributed by atoms with Crippen LogP contribution < -0.4 is 0 Å². The zero-order valence-electron chi connectivity index (χ0n) is 9.99. The summed E-state index contributed by atoms with van der Waals surface area (Å²) < 4.78 is 0. The number of carbonyl (C=O) groups excluding carboxylic acids is 1. The summed E-state index contributed by atoms with van der Waals surface area (Å²) in [7, 11) is 0. The minimum atomic E-state index is 0.147. The number of carbonyl (C=O) groups is 1. The number of pyridine rings is 1. The molecule has 0 saturated heterocycles. The molecule has 0 aromatic carbocycles. The summed E-state index contributed by atoms with van der Waals surface area (Å²) in [5.41, 5.74) is 3.54. The van der Waals surface area contributed by atoms with Crippen LogP contribution in [0.1, 0.15) is 37.2 Å². The van der Waals surface area contributed by atoms with Gasteiger partial charge in [-0.3, -0.25) is 9.78 Å². The van der Waals surface area contributed by atoms with Gasteiger partial charge in [0, 0.05) is 19.2 Å². The molecule has 0 spiro atoms. The summed E-state index contributed by atoms with van der Waals surface area (Å²) in [5, 5.41) is 0. The molecule has 3 nitrogen and oxygen atoms in total. The molecule has 0 aliphatic carbocycles. The number of aromatic nitrogens is 1. The molecule has 0 bridgehead atoms. The van der Waals surface area contributed by atoms with Crippen molar-refractivity contribution in [1.29, 1.82) is 0 Å². The van der Waals surface area contributed by atoms with E-state index in [1.807, 2.05) is 4.90 Å². The summed E-state index contributed by atoms with van der Waals surface area (Å²) in [6.45, 7) is 5.29. The van der Waals surface area contributed by atoms with Gasteiger partial charge in [0.05, 0.1) is 12.2 Å². The number of aryl methyl sites for hydroxylation is 1. The normalized spacial score (nSPS) is 14.8. The Labute approximate surface area is 96.5 Å². The molecule has 0 radical (unpaired) electrons. The SMILES string of the molecule is CCCc1ccc2c(n1)CN(C(C)=O)CC2. The molecule has 16 heavy (non-hydrogen) atoms. The van der Waals surface area contributed by atoms with E-state index in [1.165, 1.54) is 5.56 Å². The van der Waals surface area contributed by atoms with Crippen LogP contribution in [0.4, 0.5) is 0 Å². The maximum absolute atomic E-state index is 11.3.